The zero-order chi connectivity index (χ0) is 20.0. The standard InChI is InChI=1S/2C6H5NO5S/c1-12-6(9)5-4(8)3(2-13-5)7(10)11;1-12-6(9)5-3(8)2-4(13-5)7(10)11/h2*2,8H,1H3. The number of esters is 2. The summed E-state index contributed by atoms with van der Waals surface area (Å²) in [5, 5.41) is 39.5. The van der Waals surface area contributed by atoms with Crippen LogP contribution in [-0.2, 0) is 9.47 Å². The molecule has 0 unspecified atom stereocenters. The van der Waals surface area contributed by atoms with Gasteiger partial charge in [-0.25, -0.2) is 9.59 Å². The molecule has 0 saturated heterocycles. The van der Waals surface area contributed by atoms with E-state index >= 15 is 0 Å². The number of rotatable bonds is 4. The number of nitro groups is 2. The first-order chi connectivity index (χ1) is 12.1. The molecular formula is C12H10N2O10S2. The maximum atomic E-state index is 10.9. The van der Waals surface area contributed by atoms with Gasteiger partial charge in [-0.15, -0.1) is 11.3 Å². The van der Waals surface area contributed by atoms with Gasteiger partial charge in [0.25, 0.3) is 0 Å². The highest BCUT2D eigenvalue weighted by Crippen LogP contribution is 2.36. The molecule has 2 rings (SSSR count). The van der Waals surface area contributed by atoms with Gasteiger partial charge in [0.15, 0.2) is 9.75 Å². The van der Waals surface area contributed by atoms with E-state index in [1.54, 1.807) is 0 Å². The number of hydrogen-bond acceptors (Lipinski definition) is 12. The zero-order valence-corrected chi connectivity index (χ0v) is 14.7. The molecule has 0 aromatic carbocycles. The van der Waals surface area contributed by atoms with E-state index in [1.807, 2.05) is 0 Å². The molecule has 0 aliphatic rings. The average Bonchev–Trinajstić information content (AvgIpc) is 3.17. The summed E-state index contributed by atoms with van der Waals surface area (Å²) in [5.41, 5.74) is -0.481. The Kier molecular flexibility index (Phi) is 6.97. The molecule has 0 bridgehead atoms. The molecule has 0 atom stereocenters. The molecular weight excluding hydrogens is 396 g/mol. The van der Waals surface area contributed by atoms with Crippen LogP contribution < -0.4 is 0 Å². The highest BCUT2D eigenvalue weighted by Gasteiger charge is 2.25. The molecule has 2 heterocycles. The average molecular weight is 406 g/mol. The quantitative estimate of drug-likeness (QED) is 0.434. The van der Waals surface area contributed by atoms with Crippen LogP contribution in [0, 0.1) is 20.2 Å². The Morgan fingerprint density at radius 1 is 1.04 bits per heavy atom. The van der Waals surface area contributed by atoms with Gasteiger partial charge in [0.2, 0.25) is 5.75 Å². The molecule has 2 aromatic rings. The van der Waals surface area contributed by atoms with Gasteiger partial charge < -0.3 is 19.7 Å². The van der Waals surface area contributed by atoms with E-state index in [2.05, 4.69) is 9.47 Å². The number of ether oxygens (including phenoxy) is 2. The molecule has 14 heteroatoms. The van der Waals surface area contributed by atoms with Crippen molar-refractivity contribution < 1.29 is 39.1 Å². The maximum absolute atomic E-state index is 10.9. The number of carbonyl (C=O) groups excluding carboxylic acids is 2. The van der Waals surface area contributed by atoms with E-state index < -0.39 is 39.0 Å². The fourth-order valence-corrected chi connectivity index (χ4v) is 3.01. The second kappa shape index (κ2) is 8.72. The van der Waals surface area contributed by atoms with E-state index in [4.69, 9.17) is 10.2 Å². The van der Waals surface area contributed by atoms with Crippen molar-refractivity contribution >= 4 is 45.3 Å². The summed E-state index contributed by atoms with van der Waals surface area (Å²) >= 11 is 1.35. The summed E-state index contributed by atoms with van der Waals surface area (Å²) in [6.07, 6.45) is 0. The third-order valence-electron chi connectivity index (χ3n) is 2.56. The number of thiophene rings is 2. The van der Waals surface area contributed by atoms with E-state index in [-0.39, 0.29) is 14.8 Å². The Morgan fingerprint density at radius 2 is 1.58 bits per heavy atom. The summed E-state index contributed by atoms with van der Waals surface area (Å²) in [4.78, 5) is 40.5. The third kappa shape index (κ3) is 4.64. The monoisotopic (exact) mass is 406 g/mol. The molecule has 12 nitrogen and oxygen atoms in total. The van der Waals surface area contributed by atoms with Crippen molar-refractivity contribution in [1.82, 2.24) is 0 Å². The molecule has 2 aromatic heterocycles. The van der Waals surface area contributed by atoms with Crippen molar-refractivity contribution in [3.63, 3.8) is 0 Å². The van der Waals surface area contributed by atoms with E-state index in [9.17, 15) is 29.8 Å². The minimum Gasteiger partial charge on any atom is -0.506 e. The number of nitrogens with zero attached hydrogens (tertiary/aromatic N) is 2. The van der Waals surface area contributed by atoms with Crippen molar-refractivity contribution in [3.8, 4) is 11.5 Å². The van der Waals surface area contributed by atoms with Gasteiger partial charge in [-0.2, -0.15) is 0 Å². The molecule has 0 amide bonds. The lowest BCUT2D eigenvalue weighted by Gasteiger charge is -1.93. The van der Waals surface area contributed by atoms with Crippen molar-refractivity contribution in [2.45, 2.75) is 0 Å². The molecule has 0 fully saturated rings. The molecule has 0 radical (unpaired) electrons. The van der Waals surface area contributed by atoms with Crippen LogP contribution in [0.3, 0.4) is 0 Å². The highest BCUT2D eigenvalue weighted by atomic mass is 32.1. The highest BCUT2D eigenvalue weighted by molar-refractivity contribution is 7.17. The predicted molar refractivity (Wildman–Crippen MR) is 88.0 cm³/mol. The first kappa shape index (κ1) is 20.8. The van der Waals surface area contributed by atoms with Crippen molar-refractivity contribution in [2.75, 3.05) is 14.2 Å². The van der Waals surface area contributed by atoms with Crippen LogP contribution >= 0.6 is 22.7 Å². The summed E-state index contributed by atoms with van der Waals surface area (Å²) in [7, 11) is 2.26. The van der Waals surface area contributed by atoms with Crippen molar-refractivity contribution in [3.05, 3.63) is 41.4 Å². The smallest absolute Gasteiger partial charge is 0.352 e. The second-order valence-electron chi connectivity index (χ2n) is 4.10. The molecule has 2 N–H and O–H groups in total. The van der Waals surface area contributed by atoms with Gasteiger partial charge in [0.1, 0.15) is 5.75 Å². The lowest BCUT2D eigenvalue weighted by atomic mass is 10.4. The van der Waals surface area contributed by atoms with Crippen LogP contribution in [-0.4, -0.2) is 46.2 Å². The van der Waals surface area contributed by atoms with Crippen molar-refractivity contribution in [1.29, 1.82) is 0 Å². The van der Waals surface area contributed by atoms with Gasteiger partial charge in [-0.05, 0) is 0 Å². The molecule has 0 saturated carbocycles. The molecule has 0 aliphatic heterocycles. The normalized spacial score (nSPS) is 9.62. The number of methoxy groups -OCH3 is 2. The van der Waals surface area contributed by atoms with Gasteiger partial charge >= 0.3 is 22.6 Å². The zero-order valence-electron chi connectivity index (χ0n) is 13.0. The van der Waals surface area contributed by atoms with Crippen LogP contribution in [0.2, 0.25) is 0 Å². The van der Waals surface area contributed by atoms with Crippen LogP contribution in [0.25, 0.3) is 0 Å². The SMILES string of the molecule is COC(=O)c1sc([N+](=O)[O-])cc1O.COC(=O)c1scc([N+](=O)[O-])c1O. The summed E-state index contributed by atoms with van der Waals surface area (Å²) in [6.45, 7) is 0. The van der Waals surface area contributed by atoms with Crippen LogP contribution in [0.5, 0.6) is 11.5 Å². The second-order valence-corrected chi connectivity index (χ2v) is 6.01. The van der Waals surface area contributed by atoms with Crippen LogP contribution in [0.1, 0.15) is 19.3 Å². The lowest BCUT2D eigenvalue weighted by molar-refractivity contribution is -0.385. The van der Waals surface area contributed by atoms with E-state index in [0.717, 1.165) is 37.0 Å². The van der Waals surface area contributed by atoms with Crippen LogP contribution in [0.15, 0.2) is 11.4 Å². The van der Waals surface area contributed by atoms with Crippen LogP contribution in [0.4, 0.5) is 10.7 Å². The fourth-order valence-electron chi connectivity index (χ4n) is 1.41. The molecule has 0 spiro atoms. The third-order valence-corrected chi connectivity index (χ3v) is 4.56. The van der Waals surface area contributed by atoms with Gasteiger partial charge in [0, 0.05) is 0 Å². The summed E-state index contributed by atoms with van der Waals surface area (Å²) in [6, 6.07) is 0.914. The number of hydrogen-bond donors (Lipinski definition) is 2. The largest absolute Gasteiger partial charge is 0.506 e. The van der Waals surface area contributed by atoms with Gasteiger partial charge in [0.05, 0.1) is 35.5 Å². The summed E-state index contributed by atoms with van der Waals surface area (Å²) in [5.74, 6) is -2.63. The van der Waals surface area contributed by atoms with Gasteiger partial charge in [-0.1, -0.05) is 11.3 Å². The number of aromatic hydroxyl groups is 2. The Hall–Kier alpha value is -3.26. The fraction of sp³-hybridized carbons (Fsp3) is 0.167. The summed E-state index contributed by atoms with van der Waals surface area (Å²) < 4.78 is 8.60. The first-order valence-corrected chi connectivity index (χ1v) is 7.92. The number of carbonyl (C=O) groups is 2. The topological polar surface area (TPSA) is 179 Å². The molecule has 140 valence electrons. The minimum atomic E-state index is -0.782. The Labute approximate surface area is 152 Å². The maximum Gasteiger partial charge on any atom is 0.352 e. The first-order valence-electron chi connectivity index (χ1n) is 6.22. The minimum absolute atomic E-state index is 0.158. The Balaban J connectivity index is 0.000000260. The van der Waals surface area contributed by atoms with E-state index in [0.29, 0.717) is 11.3 Å². The van der Waals surface area contributed by atoms with Gasteiger partial charge in [-0.3, -0.25) is 20.2 Å². The van der Waals surface area contributed by atoms with Crippen molar-refractivity contribution in [2.24, 2.45) is 0 Å². The Bertz CT molecular complexity index is 842. The lowest BCUT2D eigenvalue weighted by Crippen LogP contribution is -1.98. The molecule has 0 aliphatic carbocycles. The predicted octanol–water partition coefficient (Wildman–Crippen LogP) is 2.30. The molecule has 26 heavy (non-hydrogen) atoms. The Morgan fingerprint density at radius 3 is 1.96 bits per heavy atom. The van der Waals surface area contributed by atoms with E-state index in [1.165, 1.54) is 0 Å².